The Balaban J connectivity index is 0.00000116. The molecule has 1 aromatic heterocycles. The molecule has 2 heterocycles. The zero-order valence-electron chi connectivity index (χ0n) is 14.1. The molecule has 0 N–H and O–H groups in total. The lowest BCUT2D eigenvalue weighted by Crippen LogP contribution is -2.24. The van der Waals surface area contributed by atoms with Crippen molar-refractivity contribution >= 4 is 5.97 Å². The van der Waals surface area contributed by atoms with Crippen LogP contribution in [0.4, 0.5) is 0 Å². The highest BCUT2D eigenvalue weighted by Gasteiger charge is 2.16. The zero-order chi connectivity index (χ0) is 16.4. The van der Waals surface area contributed by atoms with Gasteiger partial charge in [-0.25, -0.2) is 4.79 Å². The first-order chi connectivity index (χ1) is 10.7. The number of aromatic nitrogens is 2. The smallest absolute Gasteiger partial charge is 0.359 e. The lowest BCUT2D eigenvalue weighted by atomic mass is 10.2. The van der Waals surface area contributed by atoms with Crippen LogP contribution in [0.1, 0.15) is 56.1 Å². The van der Waals surface area contributed by atoms with Crippen LogP contribution in [0.15, 0.2) is 6.20 Å². The normalized spacial score (nSPS) is 17.5. The second-order valence-electron chi connectivity index (χ2n) is 4.81. The molecule has 1 fully saturated rings. The van der Waals surface area contributed by atoms with Gasteiger partial charge in [-0.2, -0.15) is 5.10 Å². The van der Waals surface area contributed by atoms with Gasteiger partial charge in [0.25, 0.3) is 0 Å². The number of ether oxygens (including phenoxy) is 3. The standard InChI is InChI=1S/C14H22N2O4.C2H6/c1-3-18-14(17)13-11(2)10-16(15-13)7-9-20-12-6-4-5-8-19-12;1-2/h10,12H,3-9H2,1-2H3;1-2H3. The van der Waals surface area contributed by atoms with Crippen molar-refractivity contribution in [3.63, 3.8) is 0 Å². The maximum Gasteiger partial charge on any atom is 0.359 e. The fraction of sp³-hybridized carbons (Fsp3) is 0.750. The predicted molar refractivity (Wildman–Crippen MR) is 83.8 cm³/mol. The van der Waals surface area contributed by atoms with Gasteiger partial charge in [-0.3, -0.25) is 4.68 Å². The largest absolute Gasteiger partial charge is 0.461 e. The van der Waals surface area contributed by atoms with Gasteiger partial charge in [0, 0.05) is 18.4 Å². The Morgan fingerprint density at radius 2 is 2.23 bits per heavy atom. The molecule has 0 bridgehead atoms. The predicted octanol–water partition coefficient (Wildman–Crippen LogP) is 2.94. The lowest BCUT2D eigenvalue weighted by Gasteiger charge is -2.22. The topological polar surface area (TPSA) is 62.6 Å². The van der Waals surface area contributed by atoms with Gasteiger partial charge in [0.2, 0.25) is 0 Å². The number of hydrogen-bond donors (Lipinski definition) is 0. The summed E-state index contributed by atoms with van der Waals surface area (Å²) in [5.74, 6) is -0.375. The summed E-state index contributed by atoms with van der Waals surface area (Å²) in [5, 5.41) is 4.23. The highest BCUT2D eigenvalue weighted by atomic mass is 16.7. The summed E-state index contributed by atoms with van der Waals surface area (Å²) in [4.78, 5) is 11.7. The van der Waals surface area contributed by atoms with Gasteiger partial charge in [0.15, 0.2) is 12.0 Å². The first-order valence-electron chi connectivity index (χ1n) is 8.15. The van der Waals surface area contributed by atoms with E-state index in [-0.39, 0.29) is 12.3 Å². The van der Waals surface area contributed by atoms with Crippen molar-refractivity contribution in [2.24, 2.45) is 0 Å². The van der Waals surface area contributed by atoms with E-state index in [1.165, 1.54) is 0 Å². The highest BCUT2D eigenvalue weighted by molar-refractivity contribution is 5.88. The number of rotatable bonds is 6. The van der Waals surface area contributed by atoms with Crippen molar-refractivity contribution in [2.75, 3.05) is 19.8 Å². The molecule has 6 heteroatoms. The van der Waals surface area contributed by atoms with E-state index in [0.717, 1.165) is 31.4 Å². The van der Waals surface area contributed by atoms with Crippen molar-refractivity contribution in [3.8, 4) is 0 Å². The van der Waals surface area contributed by atoms with Crippen LogP contribution in [0.2, 0.25) is 0 Å². The molecule has 1 saturated heterocycles. The third-order valence-electron chi connectivity index (χ3n) is 3.18. The Morgan fingerprint density at radius 1 is 1.45 bits per heavy atom. The summed E-state index contributed by atoms with van der Waals surface area (Å²) in [7, 11) is 0. The molecule has 0 radical (unpaired) electrons. The summed E-state index contributed by atoms with van der Waals surface area (Å²) in [6, 6.07) is 0. The summed E-state index contributed by atoms with van der Waals surface area (Å²) < 4.78 is 17.8. The van der Waals surface area contributed by atoms with E-state index < -0.39 is 0 Å². The van der Waals surface area contributed by atoms with Crippen LogP contribution in [-0.2, 0) is 20.8 Å². The molecule has 1 aliphatic rings. The Morgan fingerprint density at radius 3 is 2.86 bits per heavy atom. The average molecular weight is 312 g/mol. The molecule has 1 atom stereocenters. The van der Waals surface area contributed by atoms with E-state index >= 15 is 0 Å². The molecule has 1 unspecified atom stereocenters. The molecule has 2 rings (SSSR count). The minimum atomic E-state index is -0.375. The molecular formula is C16H28N2O4. The maximum absolute atomic E-state index is 11.7. The van der Waals surface area contributed by atoms with E-state index in [4.69, 9.17) is 14.2 Å². The van der Waals surface area contributed by atoms with Crippen LogP contribution < -0.4 is 0 Å². The van der Waals surface area contributed by atoms with Crippen molar-refractivity contribution in [1.82, 2.24) is 9.78 Å². The first kappa shape index (κ1) is 18.6. The summed E-state index contributed by atoms with van der Waals surface area (Å²) in [5.41, 5.74) is 1.19. The fourth-order valence-corrected chi connectivity index (χ4v) is 2.16. The van der Waals surface area contributed by atoms with Crippen LogP contribution in [0, 0.1) is 6.92 Å². The van der Waals surface area contributed by atoms with E-state index in [1.54, 1.807) is 11.6 Å². The zero-order valence-corrected chi connectivity index (χ0v) is 14.1. The Kier molecular flexibility index (Phi) is 8.77. The van der Waals surface area contributed by atoms with Gasteiger partial charge in [0.1, 0.15) is 0 Å². The second-order valence-corrected chi connectivity index (χ2v) is 4.81. The maximum atomic E-state index is 11.7. The van der Waals surface area contributed by atoms with Crippen LogP contribution >= 0.6 is 0 Å². The fourth-order valence-electron chi connectivity index (χ4n) is 2.16. The van der Waals surface area contributed by atoms with Crippen LogP contribution in [0.3, 0.4) is 0 Å². The number of carbonyl (C=O) groups is 1. The SMILES string of the molecule is CC.CCOC(=O)c1nn(CCOC2CCCCO2)cc1C. The first-order valence-corrected chi connectivity index (χ1v) is 8.15. The molecule has 0 aromatic carbocycles. The number of hydrogen-bond acceptors (Lipinski definition) is 5. The van der Waals surface area contributed by atoms with E-state index in [2.05, 4.69) is 5.10 Å². The Hall–Kier alpha value is -1.40. The van der Waals surface area contributed by atoms with E-state index in [1.807, 2.05) is 27.0 Å². The van der Waals surface area contributed by atoms with Crippen molar-refractivity contribution in [3.05, 3.63) is 17.5 Å². The third kappa shape index (κ3) is 5.77. The molecule has 1 aromatic rings. The van der Waals surface area contributed by atoms with E-state index in [9.17, 15) is 4.79 Å². The molecule has 22 heavy (non-hydrogen) atoms. The van der Waals surface area contributed by atoms with Gasteiger partial charge in [-0.05, 0) is 33.1 Å². The molecule has 0 amide bonds. The van der Waals surface area contributed by atoms with Gasteiger partial charge < -0.3 is 14.2 Å². The minimum absolute atomic E-state index is 0.0927. The van der Waals surface area contributed by atoms with Crippen LogP contribution in [0.5, 0.6) is 0 Å². The minimum Gasteiger partial charge on any atom is -0.461 e. The van der Waals surface area contributed by atoms with Crippen molar-refractivity contribution in [1.29, 1.82) is 0 Å². The van der Waals surface area contributed by atoms with E-state index in [0.29, 0.717) is 25.5 Å². The monoisotopic (exact) mass is 312 g/mol. The van der Waals surface area contributed by atoms with Crippen molar-refractivity contribution in [2.45, 2.75) is 59.8 Å². The number of nitrogens with zero attached hydrogens (tertiary/aromatic N) is 2. The third-order valence-corrected chi connectivity index (χ3v) is 3.18. The number of aryl methyl sites for hydroxylation is 1. The highest BCUT2D eigenvalue weighted by Crippen LogP contribution is 2.13. The lowest BCUT2D eigenvalue weighted by molar-refractivity contribution is -0.163. The van der Waals surface area contributed by atoms with Gasteiger partial charge in [0.05, 0.1) is 19.8 Å². The van der Waals surface area contributed by atoms with Crippen LogP contribution in [0.25, 0.3) is 0 Å². The summed E-state index contributed by atoms with van der Waals surface area (Å²) in [6.07, 6.45) is 4.95. The van der Waals surface area contributed by atoms with Gasteiger partial charge >= 0.3 is 5.97 Å². The summed E-state index contributed by atoms with van der Waals surface area (Å²) in [6.45, 7) is 9.88. The summed E-state index contributed by atoms with van der Waals surface area (Å²) >= 11 is 0. The van der Waals surface area contributed by atoms with Gasteiger partial charge in [-0.1, -0.05) is 13.8 Å². The molecule has 0 aliphatic carbocycles. The van der Waals surface area contributed by atoms with Crippen molar-refractivity contribution < 1.29 is 19.0 Å². The quantitative estimate of drug-likeness (QED) is 0.756. The number of carbonyl (C=O) groups excluding carboxylic acids is 1. The molecule has 6 nitrogen and oxygen atoms in total. The average Bonchev–Trinajstić information content (AvgIpc) is 2.91. The molecule has 0 saturated carbocycles. The molecule has 1 aliphatic heterocycles. The molecular weight excluding hydrogens is 284 g/mol. The van der Waals surface area contributed by atoms with Gasteiger partial charge in [-0.15, -0.1) is 0 Å². The molecule has 126 valence electrons. The Labute approximate surface area is 132 Å². The second kappa shape index (κ2) is 10.3. The number of esters is 1. The van der Waals surface area contributed by atoms with Crippen LogP contribution in [-0.4, -0.2) is 41.9 Å². The molecule has 0 spiro atoms. The Bertz CT molecular complexity index is 439.